The molecule has 2 aromatic carbocycles. The Labute approximate surface area is 116 Å². The van der Waals surface area contributed by atoms with Crippen LogP contribution in [0.1, 0.15) is 11.7 Å². The van der Waals surface area contributed by atoms with Crippen molar-refractivity contribution in [3.8, 4) is 0 Å². The number of rotatable bonds is 3. The highest BCUT2D eigenvalue weighted by Crippen LogP contribution is 2.42. The topological polar surface area (TPSA) is 50.9 Å². The van der Waals surface area contributed by atoms with Crippen LogP contribution in [0.2, 0.25) is 0 Å². The van der Waals surface area contributed by atoms with Crippen LogP contribution in [-0.4, -0.2) is 11.1 Å². The average Bonchev–Trinajstić information content (AvgIpc) is 3.27. The summed E-state index contributed by atoms with van der Waals surface area (Å²) < 4.78 is 5.70. The van der Waals surface area contributed by atoms with Crippen molar-refractivity contribution in [2.45, 2.75) is 17.1 Å². The lowest BCUT2D eigenvalue weighted by molar-refractivity contribution is 0.401. The van der Waals surface area contributed by atoms with Crippen molar-refractivity contribution < 1.29 is 4.74 Å². The number of nitrogens with zero attached hydrogens (tertiary/aromatic N) is 1. The minimum Gasteiger partial charge on any atom is -0.357 e. The Hall–Kier alpha value is -1.78. The number of hydrogen-bond donors (Lipinski definition) is 1. The monoisotopic (exact) mass is 270 g/mol. The summed E-state index contributed by atoms with van der Waals surface area (Å²) in [6.07, 6.45) is 0.0670. The summed E-state index contributed by atoms with van der Waals surface area (Å²) in [6, 6.07) is 20.2. The summed E-state index contributed by atoms with van der Waals surface area (Å²) >= 11 is 1.56. The summed E-state index contributed by atoms with van der Waals surface area (Å²) in [5.41, 5.74) is 1.17. The van der Waals surface area contributed by atoms with Gasteiger partial charge in [-0.15, -0.1) is 0 Å². The summed E-state index contributed by atoms with van der Waals surface area (Å²) in [6.45, 7) is 0. The Kier molecular flexibility index (Phi) is 3.53. The zero-order chi connectivity index (χ0) is 13.1. The number of nitrogens with two attached hydrogens (primary N) is 1. The smallest absolute Gasteiger partial charge is 0.139 e. The van der Waals surface area contributed by atoms with Gasteiger partial charge in [0, 0.05) is 4.90 Å². The largest absolute Gasteiger partial charge is 0.357 e. The van der Waals surface area contributed by atoms with Gasteiger partial charge in [0.25, 0.3) is 0 Å². The molecule has 4 heteroatoms. The van der Waals surface area contributed by atoms with E-state index in [0.29, 0.717) is 0 Å². The second-order valence-corrected chi connectivity index (χ2v) is 5.36. The van der Waals surface area contributed by atoms with Gasteiger partial charge in [-0.3, -0.25) is 0 Å². The summed E-state index contributed by atoms with van der Waals surface area (Å²) in [4.78, 5) is 1.12. The highest BCUT2D eigenvalue weighted by Gasteiger charge is 2.44. The predicted molar refractivity (Wildman–Crippen MR) is 78.0 cm³/mol. The van der Waals surface area contributed by atoms with E-state index in [4.69, 9.17) is 10.6 Å². The molecule has 1 aliphatic rings. The van der Waals surface area contributed by atoms with Crippen molar-refractivity contribution in [2.24, 2.45) is 10.9 Å². The van der Waals surface area contributed by atoms with Gasteiger partial charge in [-0.2, -0.15) is 5.10 Å². The van der Waals surface area contributed by atoms with Crippen LogP contribution in [-0.2, 0) is 4.74 Å². The van der Waals surface area contributed by atoms with Gasteiger partial charge in [0.05, 0.1) is 0 Å². The van der Waals surface area contributed by atoms with E-state index < -0.39 is 0 Å². The first-order chi connectivity index (χ1) is 9.38. The summed E-state index contributed by atoms with van der Waals surface area (Å²) in [5, 5.41) is 4.70. The molecule has 0 aromatic heterocycles. The number of hydrazone groups is 1. The van der Waals surface area contributed by atoms with Crippen LogP contribution >= 0.6 is 11.8 Å². The fourth-order valence-electron chi connectivity index (χ4n) is 1.96. The van der Waals surface area contributed by atoms with Gasteiger partial charge >= 0.3 is 0 Å². The van der Waals surface area contributed by atoms with Crippen LogP contribution in [0.4, 0.5) is 0 Å². The van der Waals surface area contributed by atoms with Gasteiger partial charge in [0.1, 0.15) is 17.3 Å². The molecule has 19 heavy (non-hydrogen) atoms. The van der Waals surface area contributed by atoms with Crippen LogP contribution in [0, 0.1) is 0 Å². The third-order valence-electron chi connectivity index (χ3n) is 2.96. The van der Waals surface area contributed by atoms with Crippen LogP contribution in [0.5, 0.6) is 0 Å². The van der Waals surface area contributed by atoms with Crippen molar-refractivity contribution >= 4 is 16.8 Å². The first kappa shape index (κ1) is 12.3. The highest BCUT2D eigenvalue weighted by molar-refractivity contribution is 8.14. The highest BCUT2D eigenvalue weighted by atomic mass is 32.2. The van der Waals surface area contributed by atoms with E-state index in [-0.39, 0.29) is 12.2 Å². The molecule has 0 bridgehead atoms. The van der Waals surface area contributed by atoms with Crippen LogP contribution in [0.15, 0.2) is 70.7 Å². The van der Waals surface area contributed by atoms with E-state index in [1.165, 1.54) is 5.56 Å². The van der Waals surface area contributed by atoms with Gasteiger partial charge in [0.2, 0.25) is 0 Å². The number of hydrogen-bond acceptors (Lipinski definition) is 4. The first-order valence-corrected chi connectivity index (χ1v) is 6.91. The first-order valence-electron chi connectivity index (χ1n) is 6.09. The van der Waals surface area contributed by atoms with E-state index in [2.05, 4.69) is 17.2 Å². The van der Waals surface area contributed by atoms with Crippen molar-refractivity contribution in [1.29, 1.82) is 0 Å². The lowest BCUT2D eigenvalue weighted by Crippen LogP contribution is -2.06. The van der Waals surface area contributed by atoms with E-state index in [1.807, 2.05) is 48.5 Å². The fourth-order valence-corrected chi connectivity index (χ4v) is 2.85. The number of thioether (sulfide) groups is 1. The fraction of sp³-hybridized carbons (Fsp3) is 0.133. The molecular formula is C15H14N2OS. The van der Waals surface area contributed by atoms with E-state index >= 15 is 0 Å². The van der Waals surface area contributed by atoms with E-state index in [1.54, 1.807) is 11.8 Å². The third kappa shape index (κ3) is 2.80. The molecule has 0 radical (unpaired) electrons. The van der Waals surface area contributed by atoms with Gasteiger partial charge in [-0.1, -0.05) is 60.3 Å². The van der Waals surface area contributed by atoms with Gasteiger partial charge in [-0.05, 0) is 17.7 Å². The molecule has 1 aliphatic heterocycles. The second kappa shape index (κ2) is 5.47. The lowest BCUT2D eigenvalue weighted by atomic mass is 10.1. The number of benzene rings is 2. The zero-order valence-electron chi connectivity index (χ0n) is 10.3. The average molecular weight is 270 g/mol. The van der Waals surface area contributed by atoms with Crippen LogP contribution in [0.3, 0.4) is 0 Å². The maximum Gasteiger partial charge on any atom is 0.139 e. The molecule has 2 atom stereocenters. The SMILES string of the molecule is N/N=C(\Sc1ccccc1)C1OC1c1ccccc1. The normalized spacial score (nSPS) is 22.2. The van der Waals surface area contributed by atoms with Crippen molar-refractivity contribution in [1.82, 2.24) is 0 Å². The molecule has 0 saturated carbocycles. The second-order valence-electron chi connectivity index (χ2n) is 4.27. The van der Waals surface area contributed by atoms with Gasteiger partial charge in [-0.25, -0.2) is 0 Å². The molecule has 2 N–H and O–H groups in total. The Bertz CT molecular complexity index is 571. The van der Waals surface area contributed by atoms with Crippen molar-refractivity contribution in [3.63, 3.8) is 0 Å². The molecule has 1 fully saturated rings. The maximum absolute atomic E-state index is 5.70. The number of epoxide rings is 1. The van der Waals surface area contributed by atoms with Gasteiger partial charge < -0.3 is 10.6 Å². The molecule has 96 valence electrons. The molecule has 0 spiro atoms. The molecule has 2 unspecified atom stereocenters. The third-order valence-corrected chi connectivity index (χ3v) is 4.01. The molecular weight excluding hydrogens is 256 g/mol. The van der Waals surface area contributed by atoms with E-state index in [0.717, 1.165) is 9.94 Å². The maximum atomic E-state index is 5.70. The molecule has 2 aromatic rings. The molecule has 1 heterocycles. The molecule has 3 rings (SSSR count). The predicted octanol–water partition coefficient (Wildman–Crippen LogP) is 3.19. The summed E-state index contributed by atoms with van der Waals surface area (Å²) in [5.74, 6) is 5.49. The molecule has 0 amide bonds. The minimum atomic E-state index is -0.0161. The van der Waals surface area contributed by atoms with Crippen molar-refractivity contribution in [3.05, 3.63) is 66.2 Å². The summed E-state index contributed by atoms with van der Waals surface area (Å²) in [7, 11) is 0. The number of ether oxygens (including phenoxy) is 1. The Morgan fingerprint density at radius 3 is 2.26 bits per heavy atom. The lowest BCUT2D eigenvalue weighted by Gasteiger charge is -2.01. The van der Waals surface area contributed by atoms with Gasteiger partial charge in [0.15, 0.2) is 0 Å². The molecule has 3 nitrogen and oxygen atoms in total. The van der Waals surface area contributed by atoms with Crippen molar-refractivity contribution in [2.75, 3.05) is 0 Å². The molecule has 0 aliphatic carbocycles. The van der Waals surface area contributed by atoms with E-state index in [9.17, 15) is 0 Å². The Morgan fingerprint density at radius 2 is 1.63 bits per heavy atom. The quantitative estimate of drug-likeness (QED) is 0.233. The molecule has 1 saturated heterocycles. The Morgan fingerprint density at radius 1 is 1.00 bits per heavy atom. The van der Waals surface area contributed by atoms with Crippen LogP contribution < -0.4 is 5.84 Å². The standard InChI is InChI=1S/C15H14N2OS/c16-17-15(19-12-9-5-2-6-10-12)14-13(18-14)11-7-3-1-4-8-11/h1-10,13-14H,16H2/b17-15-. The van der Waals surface area contributed by atoms with Crippen LogP contribution in [0.25, 0.3) is 0 Å². The Balaban J connectivity index is 1.69. The zero-order valence-corrected chi connectivity index (χ0v) is 11.1. The minimum absolute atomic E-state index is 0.0161.